The number of amides is 1. The van der Waals surface area contributed by atoms with Gasteiger partial charge in [0.2, 0.25) is 5.91 Å². The molecule has 0 saturated heterocycles. The Kier molecular flexibility index (Phi) is 5.18. The van der Waals surface area contributed by atoms with Gasteiger partial charge in [0.05, 0.1) is 22.5 Å². The maximum atomic E-state index is 12.9. The summed E-state index contributed by atoms with van der Waals surface area (Å²) in [6.45, 7) is 3.11. The van der Waals surface area contributed by atoms with Crippen molar-refractivity contribution in [2.24, 2.45) is 7.05 Å². The van der Waals surface area contributed by atoms with Gasteiger partial charge in [-0.2, -0.15) is 0 Å². The number of hydrogen-bond acceptors (Lipinski definition) is 5. The number of nitrogens with zero attached hydrogens (tertiary/aromatic N) is 4. The summed E-state index contributed by atoms with van der Waals surface area (Å²) in [5, 5.41) is 13.5. The fourth-order valence-electron chi connectivity index (χ4n) is 2.97. The van der Waals surface area contributed by atoms with Crippen LogP contribution in [0.1, 0.15) is 18.7 Å². The minimum absolute atomic E-state index is 0.0756. The molecule has 1 aromatic carbocycles. The number of benzene rings is 1. The van der Waals surface area contributed by atoms with Gasteiger partial charge in [0, 0.05) is 19.2 Å². The molecule has 3 aromatic rings. The average Bonchev–Trinajstić information content (AvgIpc) is 2.91. The van der Waals surface area contributed by atoms with Crippen molar-refractivity contribution < 1.29 is 9.72 Å². The van der Waals surface area contributed by atoms with Crippen molar-refractivity contribution in [3.05, 3.63) is 85.2 Å². The summed E-state index contributed by atoms with van der Waals surface area (Å²) in [4.78, 5) is 48.0. The van der Waals surface area contributed by atoms with E-state index >= 15 is 0 Å². The van der Waals surface area contributed by atoms with E-state index in [2.05, 4.69) is 5.32 Å². The molecule has 0 aliphatic rings. The summed E-state index contributed by atoms with van der Waals surface area (Å²) in [5.74, 6) is -0.640. The molecule has 10 nitrogen and oxygen atoms in total. The largest absolute Gasteiger partial charge is 0.318 e. The zero-order valence-corrected chi connectivity index (χ0v) is 16.0. The summed E-state index contributed by atoms with van der Waals surface area (Å²) >= 11 is 0. The molecule has 1 N–H and O–H groups in total. The SMILES string of the molecule is Cc1c(NC(=O)[C@H](C)n2cc([N+](=O)[O-])ccc2=O)c(=O)n(-c2ccccc2)n1C. The fraction of sp³-hybridized carbons (Fsp3) is 0.211. The van der Waals surface area contributed by atoms with E-state index in [0.29, 0.717) is 11.4 Å². The predicted octanol–water partition coefficient (Wildman–Crippen LogP) is 1.75. The highest BCUT2D eigenvalue weighted by atomic mass is 16.6. The van der Waals surface area contributed by atoms with E-state index in [9.17, 15) is 24.5 Å². The lowest BCUT2D eigenvalue weighted by Gasteiger charge is -2.14. The molecule has 2 aromatic heterocycles. The minimum atomic E-state index is -1.06. The fourth-order valence-corrected chi connectivity index (χ4v) is 2.97. The van der Waals surface area contributed by atoms with Gasteiger partial charge in [-0.05, 0) is 26.0 Å². The van der Waals surface area contributed by atoms with Gasteiger partial charge in [-0.25, -0.2) is 4.68 Å². The van der Waals surface area contributed by atoms with E-state index in [1.54, 1.807) is 42.9 Å². The second-order valence-electron chi connectivity index (χ2n) is 6.49. The van der Waals surface area contributed by atoms with Crippen LogP contribution in [0.2, 0.25) is 0 Å². The van der Waals surface area contributed by atoms with Gasteiger partial charge in [-0.3, -0.25) is 33.7 Å². The molecule has 0 unspecified atom stereocenters. The standard InChI is InChI=1S/C19H19N5O5/c1-12-17(19(27)23(21(12)3)14-7-5-4-6-8-14)20-18(26)13(2)22-11-15(24(28)29)9-10-16(22)25/h4-11,13H,1-3H3,(H,20,26)/t13-/m0/s1. The van der Waals surface area contributed by atoms with Crippen LogP contribution in [0.5, 0.6) is 0 Å². The zero-order chi connectivity index (χ0) is 21.3. The molecule has 2 heterocycles. The predicted molar refractivity (Wildman–Crippen MR) is 106 cm³/mol. The van der Waals surface area contributed by atoms with Gasteiger partial charge < -0.3 is 5.32 Å². The van der Waals surface area contributed by atoms with E-state index in [-0.39, 0.29) is 11.4 Å². The van der Waals surface area contributed by atoms with Crippen LogP contribution < -0.4 is 16.4 Å². The van der Waals surface area contributed by atoms with Gasteiger partial charge in [0.25, 0.3) is 16.8 Å². The van der Waals surface area contributed by atoms with Gasteiger partial charge in [-0.1, -0.05) is 18.2 Å². The topological polar surface area (TPSA) is 121 Å². The van der Waals surface area contributed by atoms with E-state index in [1.807, 2.05) is 6.07 Å². The molecule has 0 saturated carbocycles. The quantitative estimate of drug-likeness (QED) is 0.519. The molecule has 3 rings (SSSR count). The highest BCUT2D eigenvalue weighted by Gasteiger charge is 2.23. The van der Waals surface area contributed by atoms with Crippen LogP contribution in [0.15, 0.2) is 58.3 Å². The molecule has 1 atom stereocenters. The first-order valence-corrected chi connectivity index (χ1v) is 8.74. The molecule has 0 radical (unpaired) electrons. The third kappa shape index (κ3) is 3.59. The summed E-state index contributed by atoms with van der Waals surface area (Å²) in [5.41, 5.74) is -0.0801. The van der Waals surface area contributed by atoms with Crippen LogP contribution in [0.25, 0.3) is 5.69 Å². The first kappa shape index (κ1) is 19.8. The summed E-state index contributed by atoms with van der Waals surface area (Å²) in [6.07, 6.45) is 1.01. The van der Waals surface area contributed by atoms with Crippen LogP contribution in [-0.2, 0) is 11.8 Å². The second kappa shape index (κ2) is 7.58. The van der Waals surface area contributed by atoms with E-state index in [4.69, 9.17) is 0 Å². The smallest absolute Gasteiger partial charge is 0.295 e. The second-order valence-corrected chi connectivity index (χ2v) is 6.49. The van der Waals surface area contributed by atoms with Crippen LogP contribution in [-0.4, -0.2) is 24.8 Å². The molecule has 0 fully saturated rings. The van der Waals surface area contributed by atoms with Crippen molar-refractivity contribution in [1.29, 1.82) is 0 Å². The molecule has 150 valence electrons. The molecular weight excluding hydrogens is 378 g/mol. The normalized spacial score (nSPS) is 11.8. The van der Waals surface area contributed by atoms with Crippen LogP contribution >= 0.6 is 0 Å². The van der Waals surface area contributed by atoms with Crippen LogP contribution in [0.3, 0.4) is 0 Å². The lowest BCUT2D eigenvalue weighted by atomic mass is 10.2. The molecule has 0 aliphatic heterocycles. The van der Waals surface area contributed by atoms with E-state index in [1.165, 1.54) is 11.6 Å². The van der Waals surface area contributed by atoms with E-state index in [0.717, 1.165) is 22.9 Å². The highest BCUT2D eigenvalue weighted by Crippen LogP contribution is 2.17. The average molecular weight is 397 g/mol. The van der Waals surface area contributed by atoms with Crippen molar-refractivity contribution in [2.75, 3.05) is 5.32 Å². The third-order valence-corrected chi connectivity index (χ3v) is 4.73. The lowest BCUT2D eigenvalue weighted by Crippen LogP contribution is -2.32. The number of aromatic nitrogens is 3. The number of rotatable bonds is 5. The molecule has 1 amide bonds. The molecule has 0 spiro atoms. The molecule has 0 bridgehead atoms. The number of nitro groups is 1. The van der Waals surface area contributed by atoms with Crippen molar-refractivity contribution >= 4 is 17.3 Å². The zero-order valence-electron chi connectivity index (χ0n) is 16.0. The number of carbonyl (C=O) groups excluding carboxylic acids is 1. The Balaban J connectivity index is 1.96. The van der Waals surface area contributed by atoms with Gasteiger partial charge >= 0.3 is 0 Å². The number of carbonyl (C=O) groups is 1. The Morgan fingerprint density at radius 2 is 1.79 bits per heavy atom. The number of para-hydroxylation sites is 1. The molecular formula is C19H19N5O5. The molecule has 10 heteroatoms. The Morgan fingerprint density at radius 1 is 1.14 bits per heavy atom. The summed E-state index contributed by atoms with van der Waals surface area (Å²) in [7, 11) is 1.69. The van der Waals surface area contributed by atoms with Crippen molar-refractivity contribution in [1.82, 2.24) is 13.9 Å². The maximum Gasteiger partial charge on any atom is 0.295 e. The van der Waals surface area contributed by atoms with Crippen LogP contribution in [0.4, 0.5) is 11.4 Å². The lowest BCUT2D eigenvalue weighted by molar-refractivity contribution is -0.385. The van der Waals surface area contributed by atoms with Crippen molar-refractivity contribution in [2.45, 2.75) is 19.9 Å². The number of pyridine rings is 1. The number of hydrogen-bond donors (Lipinski definition) is 1. The van der Waals surface area contributed by atoms with Crippen molar-refractivity contribution in [3.8, 4) is 5.69 Å². The van der Waals surface area contributed by atoms with Crippen LogP contribution in [0, 0.1) is 17.0 Å². The summed E-state index contributed by atoms with van der Waals surface area (Å²) in [6, 6.07) is 9.97. The maximum absolute atomic E-state index is 12.9. The van der Waals surface area contributed by atoms with Gasteiger partial charge in [0.1, 0.15) is 11.7 Å². The van der Waals surface area contributed by atoms with Crippen molar-refractivity contribution in [3.63, 3.8) is 0 Å². The Labute approximate surface area is 164 Å². The van der Waals surface area contributed by atoms with Gasteiger partial charge in [0.15, 0.2) is 0 Å². The summed E-state index contributed by atoms with van der Waals surface area (Å²) < 4.78 is 3.98. The van der Waals surface area contributed by atoms with E-state index < -0.39 is 28.0 Å². The minimum Gasteiger partial charge on any atom is -0.318 e. The first-order chi connectivity index (χ1) is 13.7. The Morgan fingerprint density at radius 3 is 2.41 bits per heavy atom. The molecule has 29 heavy (non-hydrogen) atoms. The first-order valence-electron chi connectivity index (χ1n) is 8.74. The molecule has 0 aliphatic carbocycles. The number of nitrogens with one attached hydrogen (secondary N) is 1. The highest BCUT2D eigenvalue weighted by molar-refractivity contribution is 5.93. The Bertz CT molecular complexity index is 1210. The third-order valence-electron chi connectivity index (χ3n) is 4.73. The van der Waals surface area contributed by atoms with Gasteiger partial charge in [-0.15, -0.1) is 0 Å². The monoisotopic (exact) mass is 397 g/mol. The Hall–Kier alpha value is -3.95. The number of anilines is 1.